The fourth-order valence-electron chi connectivity index (χ4n) is 2.54. The number of hydrogen-bond donors (Lipinski definition) is 3. The SMILES string of the molecule is CCN(c1cccc(C(F)(F)F)c1)c1nc(C2NNNC2C#N)cs1. The van der Waals surface area contributed by atoms with Crippen molar-refractivity contribution in [1.82, 2.24) is 21.4 Å². The van der Waals surface area contributed by atoms with Crippen molar-refractivity contribution in [3.63, 3.8) is 0 Å². The third-order valence-electron chi connectivity index (χ3n) is 3.79. The number of benzene rings is 1. The molecule has 0 spiro atoms. The molecule has 2 heterocycles. The molecule has 1 aromatic carbocycles. The van der Waals surface area contributed by atoms with Gasteiger partial charge in [0, 0.05) is 17.6 Å². The quantitative estimate of drug-likeness (QED) is 0.771. The molecule has 3 rings (SSSR count). The minimum Gasteiger partial charge on any atom is -0.318 e. The van der Waals surface area contributed by atoms with Crippen LogP contribution in [-0.4, -0.2) is 17.6 Å². The number of halogens is 3. The van der Waals surface area contributed by atoms with E-state index in [9.17, 15) is 13.2 Å². The highest BCUT2D eigenvalue weighted by Crippen LogP contribution is 2.35. The molecule has 1 aromatic heterocycles. The number of nitriles is 1. The van der Waals surface area contributed by atoms with Crippen LogP contribution in [0.15, 0.2) is 29.6 Å². The largest absolute Gasteiger partial charge is 0.416 e. The van der Waals surface area contributed by atoms with E-state index in [1.165, 1.54) is 17.4 Å². The summed E-state index contributed by atoms with van der Waals surface area (Å²) < 4.78 is 38.8. The first-order valence-corrected chi connectivity index (χ1v) is 8.38. The van der Waals surface area contributed by atoms with Gasteiger partial charge in [-0.1, -0.05) is 6.07 Å². The summed E-state index contributed by atoms with van der Waals surface area (Å²) in [7, 11) is 0. The van der Waals surface area contributed by atoms with Gasteiger partial charge in [0.05, 0.1) is 23.4 Å². The summed E-state index contributed by atoms with van der Waals surface area (Å²) in [6.45, 7) is 2.31. The zero-order valence-electron chi connectivity index (χ0n) is 13.1. The third kappa shape index (κ3) is 3.59. The summed E-state index contributed by atoms with van der Waals surface area (Å²) in [6.07, 6.45) is -4.39. The maximum atomic E-state index is 12.9. The van der Waals surface area contributed by atoms with E-state index < -0.39 is 17.8 Å². The minimum absolute atomic E-state index is 0.338. The van der Waals surface area contributed by atoms with Crippen LogP contribution in [0.25, 0.3) is 0 Å². The van der Waals surface area contributed by atoms with Gasteiger partial charge in [0.2, 0.25) is 0 Å². The highest BCUT2D eigenvalue weighted by molar-refractivity contribution is 7.13. The van der Waals surface area contributed by atoms with Crippen LogP contribution >= 0.6 is 11.3 Å². The second-order valence-corrected chi connectivity index (χ2v) is 6.18. The van der Waals surface area contributed by atoms with Crippen LogP contribution in [0.2, 0.25) is 0 Å². The smallest absolute Gasteiger partial charge is 0.318 e. The van der Waals surface area contributed by atoms with Crippen LogP contribution in [0.1, 0.15) is 24.2 Å². The zero-order valence-corrected chi connectivity index (χ0v) is 13.9. The van der Waals surface area contributed by atoms with Crippen molar-refractivity contribution in [1.29, 1.82) is 5.26 Å². The number of nitrogens with one attached hydrogen (secondary N) is 3. The lowest BCUT2D eigenvalue weighted by molar-refractivity contribution is -0.137. The number of hydrazine groups is 2. The first kappa shape index (κ1) is 17.6. The molecule has 2 aromatic rings. The van der Waals surface area contributed by atoms with Gasteiger partial charge in [0.15, 0.2) is 5.13 Å². The summed E-state index contributed by atoms with van der Waals surface area (Å²) in [4.78, 5) is 6.21. The van der Waals surface area contributed by atoms with Gasteiger partial charge in [0.25, 0.3) is 0 Å². The lowest BCUT2D eigenvalue weighted by atomic mass is 10.1. The fourth-order valence-corrected chi connectivity index (χ4v) is 3.48. The Hall–Kier alpha value is -2.19. The van der Waals surface area contributed by atoms with Gasteiger partial charge in [-0.2, -0.15) is 24.0 Å². The monoisotopic (exact) mass is 368 g/mol. The number of aromatic nitrogens is 1. The molecule has 2 atom stereocenters. The van der Waals surface area contributed by atoms with Crippen LogP contribution in [0.5, 0.6) is 0 Å². The van der Waals surface area contributed by atoms with E-state index in [0.29, 0.717) is 23.1 Å². The van der Waals surface area contributed by atoms with Gasteiger partial charge in [-0.25, -0.2) is 15.8 Å². The van der Waals surface area contributed by atoms with Gasteiger partial charge in [-0.15, -0.1) is 11.3 Å². The molecule has 10 heteroatoms. The Labute approximate surface area is 146 Å². The lowest BCUT2D eigenvalue weighted by Crippen LogP contribution is -2.32. The number of hydrogen-bond acceptors (Lipinski definition) is 7. The summed E-state index contributed by atoms with van der Waals surface area (Å²) in [5.41, 5.74) is 8.73. The summed E-state index contributed by atoms with van der Waals surface area (Å²) in [6, 6.07) is 6.44. The molecular weight excluding hydrogens is 353 g/mol. The molecule has 0 aliphatic carbocycles. The van der Waals surface area contributed by atoms with Gasteiger partial charge >= 0.3 is 6.18 Å². The van der Waals surface area contributed by atoms with E-state index >= 15 is 0 Å². The number of thiazole rings is 1. The van der Waals surface area contributed by atoms with Gasteiger partial charge in [-0.05, 0) is 25.1 Å². The van der Waals surface area contributed by atoms with Crippen LogP contribution in [0.3, 0.4) is 0 Å². The van der Waals surface area contributed by atoms with Crippen molar-refractivity contribution in [2.45, 2.75) is 25.2 Å². The third-order valence-corrected chi connectivity index (χ3v) is 4.67. The first-order valence-electron chi connectivity index (χ1n) is 7.50. The summed E-state index contributed by atoms with van der Waals surface area (Å²) >= 11 is 1.32. The van der Waals surface area contributed by atoms with Crippen LogP contribution in [0, 0.1) is 11.3 Å². The van der Waals surface area contributed by atoms with E-state index in [2.05, 4.69) is 27.4 Å². The highest BCUT2D eigenvalue weighted by Gasteiger charge is 2.32. The number of rotatable bonds is 4. The highest BCUT2D eigenvalue weighted by atomic mass is 32.1. The molecule has 3 N–H and O–H groups in total. The number of alkyl halides is 3. The standard InChI is InChI=1S/C15H15F3N6S/c1-2-24(10-5-3-4-9(6-10)15(16,17)18)14-20-12(8-25-14)13-11(7-19)21-23-22-13/h3-6,8,11,13,21-23H,2H2,1H3. The number of anilines is 2. The molecule has 1 aliphatic rings. The Morgan fingerprint density at radius 1 is 1.36 bits per heavy atom. The first-order chi connectivity index (χ1) is 11.9. The van der Waals surface area contributed by atoms with E-state index in [0.717, 1.165) is 12.1 Å². The van der Waals surface area contributed by atoms with Crippen LogP contribution < -0.4 is 21.3 Å². The molecule has 2 unspecified atom stereocenters. The van der Waals surface area contributed by atoms with Crippen molar-refractivity contribution in [2.24, 2.45) is 0 Å². The summed E-state index contributed by atoms with van der Waals surface area (Å²) in [5, 5.41) is 11.5. The molecule has 25 heavy (non-hydrogen) atoms. The Bertz CT molecular complexity index is 784. The van der Waals surface area contributed by atoms with Crippen molar-refractivity contribution < 1.29 is 13.2 Å². The lowest BCUT2D eigenvalue weighted by Gasteiger charge is -2.21. The van der Waals surface area contributed by atoms with Crippen molar-refractivity contribution in [3.8, 4) is 6.07 Å². The van der Waals surface area contributed by atoms with Crippen molar-refractivity contribution >= 4 is 22.2 Å². The van der Waals surface area contributed by atoms with Crippen LogP contribution in [0.4, 0.5) is 24.0 Å². The maximum Gasteiger partial charge on any atom is 0.416 e. The predicted molar refractivity (Wildman–Crippen MR) is 87.8 cm³/mol. The molecular formula is C15H15F3N6S. The van der Waals surface area contributed by atoms with Crippen molar-refractivity contribution in [2.75, 3.05) is 11.4 Å². The molecule has 0 bridgehead atoms. The second kappa shape index (κ2) is 6.97. The van der Waals surface area contributed by atoms with E-state index in [4.69, 9.17) is 5.26 Å². The zero-order chi connectivity index (χ0) is 18.0. The van der Waals surface area contributed by atoms with Gasteiger partial charge in [-0.3, -0.25) is 0 Å². The Balaban J connectivity index is 1.89. The van der Waals surface area contributed by atoms with E-state index in [1.54, 1.807) is 16.3 Å². The predicted octanol–water partition coefficient (Wildman–Crippen LogP) is 2.87. The average Bonchev–Trinajstić information content (AvgIpc) is 3.23. The Morgan fingerprint density at radius 2 is 2.16 bits per heavy atom. The topological polar surface area (TPSA) is 76.0 Å². The average molecular weight is 368 g/mol. The summed E-state index contributed by atoms with van der Waals surface area (Å²) in [5.74, 6) is 0. The molecule has 0 amide bonds. The van der Waals surface area contributed by atoms with Crippen molar-refractivity contribution in [3.05, 3.63) is 40.9 Å². The normalized spacial score (nSPS) is 20.4. The molecule has 0 saturated carbocycles. The van der Waals surface area contributed by atoms with E-state index in [1.807, 2.05) is 6.92 Å². The maximum absolute atomic E-state index is 12.9. The Morgan fingerprint density at radius 3 is 2.84 bits per heavy atom. The molecule has 6 nitrogen and oxygen atoms in total. The number of nitrogens with zero attached hydrogens (tertiary/aromatic N) is 3. The minimum atomic E-state index is -4.39. The molecule has 1 saturated heterocycles. The fraction of sp³-hybridized carbons (Fsp3) is 0.333. The Kier molecular flexibility index (Phi) is 4.91. The van der Waals surface area contributed by atoms with Gasteiger partial charge in [0.1, 0.15) is 6.04 Å². The van der Waals surface area contributed by atoms with Gasteiger partial charge < -0.3 is 4.90 Å². The second-order valence-electron chi connectivity index (χ2n) is 5.35. The van der Waals surface area contributed by atoms with E-state index in [-0.39, 0.29) is 6.04 Å². The van der Waals surface area contributed by atoms with Crippen LogP contribution in [-0.2, 0) is 6.18 Å². The molecule has 132 valence electrons. The molecule has 1 fully saturated rings. The molecule has 0 radical (unpaired) electrons. The molecule has 1 aliphatic heterocycles.